The fourth-order valence-corrected chi connectivity index (χ4v) is 4.69. The molecule has 0 saturated carbocycles. The number of carbonyl (C=O) groups excluding carboxylic acids is 3. The van der Waals surface area contributed by atoms with E-state index in [9.17, 15) is 14.4 Å². The minimum absolute atomic E-state index is 0.226. The summed E-state index contributed by atoms with van der Waals surface area (Å²) in [5.41, 5.74) is 0.319. The number of hydrogen-bond acceptors (Lipinski definition) is 7. The Morgan fingerprint density at radius 1 is 1.12 bits per heavy atom. The van der Waals surface area contributed by atoms with Crippen LogP contribution in [0.3, 0.4) is 0 Å². The number of halogens is 1. The molecule has 4 rings (SSSR count). The van der Waals surface area contributed by atoms with Crippen molar-refractivity contribution in [1.29, 1.82) is 0 Å². The monoisotopic (exact) mass is 504 g/mol. The molecule has 0 aromatic heterocycles. The Kier molecular flexibility index (Phi) is 7.23. The molecule has 34 heavy (non-hydrogen) atoms. The van der Waals surface area contributed by atoms with E-state index in [1.54, 1.807) is 29.2 Å². The lowest BCUT2D eigenvalue weighted by Gasteiger charge is -2.33. The number of hydrogen-bond donors (Lipinski definition) is 1. The molecule has 3 amide bonds. The summed E-state index contributed by atoms with van der Waals surface area (Å²) in [6.07, 6.45) is -0.347. The third-order valence-corrected chi connectivity index (χ3v) is 6.76. The fraction of sp³-hybridized carbons (Fsp3) is 0.375. The molecule has 0 bridgehead atoms. The quantitative estimate of drug-likeness (QED) is 0.544. The topological polar surface area (TPSA) is 94.2 Å². The van der Waals surface area contributed by atoms with Gasteiger partial charge in [0.15, 0.2) is 6.10 Å². The molecule has 2 fully saturated rings. The minimum Gasteiger partial charge on any atom is -0.491 e. The van der Waals surface area contributed by atoms with Crippen molar-refractivity contribution in [2.45, 2.75) is 37.2 Å². The molecule has 2 aliphatic heterocycles. The van der Waals surface area contributed by atoms with Gasteiger partial charge >= 0.3 is 6.09 Å². The molecular weight excluding hydrogens is 480 g/mol. The highest BCUT2D eigenvalue weighted by molar-refractivity contribution is 8.15. The average Bonchev–Trinajstić information content (AvgIpc) is 3.33. The first-order valence-corrected chi connectivity index (χ1v) is 12.1. The fourth-order valence-electron chi connectivity index (χ4n) is 3.65. The van der Waals surface area contributed by atoms with Crippen molar-refractivity contribution < 1.29 is 28.6 Å². The normalized spacial score (nSPS) is 20.3. The molecule has 2 aromatic rings. The summed E-state index contributed by atoms with van der Waals surface area (Å²) in [6, 6.07) is 14.4. The van der Waals surface area contributed by atoms with Gasteiger partial charge in [-0.3, -0.25) is 19.8 Å². The summed E-state index contributed by atoms with van der Waals surface area (Å²) in [7, 11) is 0. The van der Waals surface area contributed by atoms with Crippen LogP contribution in [0.1, 0.15) is 19.4 Å². The van der Waals surface area contributed by atoms with Gasteiger partial charge in [0.25, 0.3) is 5.24 Å². The molecule has 0 aliphatic carbocycles. The molecule has 8 nitrogen and oxygen atoms in total. The molecule has 2 heterocycles. The molecule has 10 heteroatoms. The van der Waals surface area contributed by atoms with E-state index in [2.05, 4.69) is 5.32 Å². The smallest absolute Gasteiger partial charge is 0.410 e. The minimum atomic E-state index is -0.612. The Bertz CT molecular complexity index is 1080. The van der Waals surface area contributed by atoms with Crippen molar-refractivity contribution >= 4 is 40.6 Å². The van der Waals surface area contributed by atoms with Gasteiger partial charge in [-0.25, -0.2) is 4.79 Å². The van der Waals surface area contributed by atoms with E-state index >= 15 is 0 Å². The number of imide groups is 1. The third kappa shape index (κ3) is 5.95. The van der Waals surface area contributed by atoms with Crippen molar-refractivity contribution in [3.8, 4) is 11.5 Å². The van der Waals surface area contributed by atoms with Gasteiger partial charge < -0.3 is 14.2 Å². The van der Waals surface area contributed by atoms with Crippen LogP contribution in [0.2, 0.25) is 5.02 Å². The number of carbonyl (C=O) groups is 3. The van der Waals surface area contributed by atoms with E-state index in [1.807, 2.05) is 38.1 Å². The molecule has 180 valence electrons. The molecule has 1 N–H and O–H groups in total. The number of nitrogens with one attached hydrogen (secondary N) is 1. The second-order valence-corrected chi connectivity index (χ2v) is 10.3. The highest BCUT2D eigenvalue weighted by atomic mass is 35.5. The van der Waals surface area contributed by atoms with Crippen molar-refractivity contribution in [1.82, 2.24) is 10.2 Å². The Balaban J connectivity index is 1.27. The highest BCUT2D eigenvalue weighted by Gasteiger charge is 2.41. The lowest BCUT2D eigenvalue weighted by molar-refractivity contribution is -0.118. The number of nitrogens with zero attached hydrogens (tertiary/aromatic N) is 1. The summed E-state index contributed by atoms with van der Waals surface area (Å²) in [5.74, 6) is 1.00. The molecule has 2 unspecified atom stereocenters. The number of thioether (sulfide) groups is 1. The summed E-state index contributed by atoms with van der Waals surface area (Å²) in [4.78, 5) is 37.2. The van der Waals surface area contributed by atoms with Gasteiger partial charge in [-0.1, -0.05) is 41.6 Å². The SMILES string of the molecule is CC(C)(COc1ccc(CC2SC(=O)NC2=O)cc1)N1CC(COc2cccc(Cl)c2)OC1=O. The summed E-state index contributed by atoms with van der Waals surface area (Å²) in [5, 5.41) is 2.15. The van der Waals surface area contributed by atoms with Gasteiger partial charge in [0.1, 0.15) is 24.7 Å². The van der Waals surface area contributed by atoms with Crippen molar-refractivity contribution in [3.05, 3.63) is 59.1 Å². The predicted octanol–water partition coefficient (Wildman–Crippen LogP) is 4.29. The second kappa shape index (κ2) is 10.1. The third-order valence-electron chi connectivity index (χ3n) is 5.54. The van der Waals surface area contributed by atoms with Gasteiger partial charge in [0.05, 0.1) is 17.3 Å². The van der Waals surface area contributed by atoms with E-state index in [4.69, 9.17) is 25.8 Å². The molecule has 2 aromatic carbocycles. The summed E-state index contributed by atoms with van der Waals surface area (Å²) >= 11 is 6.98. The number of cyclic esters (lactones) is 1. The first-order valence-electron chi connectivity index (χ1n) is 10.8. The van der Waals surface area contributed by atoms with Gasteiger partial charge in [0, 0.05) is 5.02 Å². The number of amides is 3. The maximum absolute atomic E-state index is 12.5. The molecule has 2 saturated heterocycles. The van der Waals surface area contributed by atoms with Gasteiger partial charge in [-0.2, -0.15) is 0 Å². The maximum Gasteiger partial charge on any atom is 0.410 e. The average molecular weight is 505 g/mol. The zero-order valence-electron chi connectivity index (χ0n) is 18.8. The van der Waals surface area contributed by atoms with Crippen LogP contribution in [0.15, 0.2) is 48.5 Å². The molecular formula is C24H25ClN2O6S. The Hall–Kier alpha value is -2.91. The zero-order chi connectivity index (χ0) is 24.3. The van der Waals surface area contributed by atoms with Crippen LogP contribution >= 0.6 is 23.4 Å². The Labute approximate surface area is 206 Å². The van der Waals surface area contributed by atoms with Crippen LogP contribution in [0.25, 0.3) is 0 Å². The van der Waals surface area contributed by atoms with Gasteiger partial charge in [-0.15, -0.1) is 0 Å². The molecule has 0 radical (unpaired) electrons. The van der Waals surface area contributed by atoms with Crippen LogP contribution in [0, 0.1) is 0 Å². The first kappa shape index (κ1) is 24.2. The van der Waals surface area contributed by atoms with E-state index < -0.39 is 23.0 Å². The molecule has 0 spiro atoms. The van der Waals surface area contributed by atoms with Crippen LogP contribution in [-0.2, 0) is 16.0 Å². The van der Waals surface area contributed by atoms with Crippen LogP contribution in [-0.4, -0.2) is 58.8 Å². The van der Waals surface area contributed by atoms with Crippen LogP contribution < -0.4 is 14.8 Å². The lowest BCUT2D eigenvalue weighted by atomic mass is 10.0. The Morgan fingerprint density at radius 3 is 2.56 bits per heavy atom. The number of rotatable bonds is 9. The van der Waals surface area contributed by atoms with Gasteiger partial charge in [-0.05, 0) is 56.2 Å². The van der Waals surface area contributed by atoms with Gasteiger partial charge in [0.2, 0.25) is 5.91 Å². The summed E-state index contributed by atoms with van der Waals surface area (Å²) in [6.45, 7) is 4.70. The van der Waals surface area contributed by atoms with Crippen molar-refractivity contribution in [2.75, 3.05) is 19.8 Å². The number of benzene rings is 2. The van der Waals surface area contributed by atoms with Crippen molar-refractivity contribution in [3.63, 3.8) is 0 Å². The molecule has 2 aliphatic rings. The maximum atomic E-state index is 12.5. The van der Waals surface area contributed by atoms with Crippen LogP contribution in [0.4, 0.5) is 9.59 Å². The predicted molar refractivity (Wildman–Crippen MR) is 129 cm³/mol. The zero-order valence-corrected chi connectivity index (χ0v) is 20.4. The first-order chi connectivity index (χ1) is 16.2. The standard InChI is InChI=1S/C24H25ClN2O6S/c1-24(2,27-12-19(33-23(27)30)13-31-18-5-3-4-16(25)11-18)14-32-17-8-6-15(7-9-17)10-20-21(28)26-22(29)34-20/h3-9,11,19-20H,10,12-14H2,1-2H3,(H,26,28,29). The lowest BCUT2D eigenvalue weighted by Crippen LogP contribution is -2.49. The highest BCUT2D eigenvalue weighted by Crippen LogP contribution is 2.27. The van der Waals surface area contributed by atoms with E-state index in [-0.39, 0.29) is 24.4 Å². The van der Waals surface area contributed by atoms with E-state index in [0.717, 1.165) is 17.3 Å². The van der Waals surface area contributed by atoms with Crippen molar-refractivity contribution in [2.24, 2.45) is 0 Å². The Morgan fingerprint density at radius 2 is 1.88 bits per heavy atom. The largest absolute Gasteiger partial charge is 0.491 e. The van der Waals surface area contributed by atoms with E-state index in [0.29, 0.717) is 29.5 Å². The second-order valence-electron chi connectivity index (χ2n) is 8.72. The summed E-state index contributed by atoms with van der Waals surface area (Å²) < 4.78 is 17.1. The van der Waals surface area contributed by atoms with Crippen LogP contribution in [0.5, 0.6) is 11.5 Å². The molecule has 2 atom stereocenters. The van der Waals surface area contributed by atoms with E-state index in [1.165, 1.54) is 0 Å². The number of ether oxygens (including phenoxy) is 3.